The number of rotatable bonds is 5. The molecule has 4 aromatic rings. The largest absolute Gasteiger partial charge is 0.368 e. The maximum Gasteiger partial charge on any atom is 0.223 e. The summed E-state index contributed by atoms with van der Waals surface area (Å²) in [7, 11) is 0. The summed E-state index contributed by atoms with van der Waals surface area (Å²) in [6.45, 7) is 4.68. The maximum atomic E-state index is 14.9. The molecule has 0 N–H and O–H groups in total. The number of nitrogens with zero attached hydrogens (tertiary/aromatic N) is 4. The van der Waals surface area contributed by atoms with E-state index in [1.807, 2.05) is 64.9 Å². The zero-order valence-electron chi connectivity index (χ0n) is 19.0. The minimum atomic E-state index is -0.434. The predicted octanol–water partition coefficient (Wildman–Crippen LogP) is 5.31. The number of fused-ring (bicyclic) bond motifs is 1. The second-order valence-corrected chi connectivity index (χ2v) is 9.13. The van der Waals surface area contributed by atoms with Crippen molar-refractivity contribution in [3.05, 3.63) is 101 Å². The molecule has 1 aliphatic rings. The van der Waals surface area contributed by atoms with Crippen LogP contribution in [0.1, 0.15) is 29.2 Å². The van der Waals surface area contributed by atoms with Gasteiger partial charge in [-0.3, -0.25) is 4.79 Å². The maximum absolute atomic E-state index is 14.9. The van der Waals surface area contributed by atoms with E-state index in [2.05, 4.69) is 9.88 Å². The van der Waals surface area contributed by atoms with E-state index in [4.69, 9.17) is 11.6 Å². The van der Waals surface area contributed by atoms with Crippen LogP contribution in [0.2, 0.25) is 5.02 Å². The Bertz CT molecular complexity index is 1330. The van der Waals surface area contributed by atoms with Crippen molar-refractivity contribution in [3.8, 4) is 0 Å². The van der Waals surface area contributed by atoms with Gasteiger partial charge in [0.25, 0.3) is 0 Å². The number of benzene rings is 2. The van der Waals surface area contributed by atoms with Crippen molar-refractivity contribution in [3.63, 3.8) is 0 Å². The molecule has 0 radical (unpaired) electrons. The molecule has 0 bridgehead atoms. The first-order chi connectivity index (χ1) is 16.5. The lowest BCUT2D eigenvalue weighted by atomic mass is 9.91. The summed E-state index contributed by atoms with van der Waals surface area (Å²) in [5, 5.41) is 0.701. The molecule has 0 spiro atoms. The number of anilines is 1. The fourth-order valence-electron chi connectivity index (χ4n) is 4.75. The minimum Gasteiger partial charge on any atom is -0.368 e. The number of carbonyl (C=O) groups excluding carboxylic acids is 1. The summed E-state index contributed by atoms with van der Waals surface area (Å²) >= 11 is 6.14. The summed E-state index contributed by atoms with van der Waals surface area (Å²) in [5.41, 5.74) is 4.24. The molecule has 174 valence electrons. The molecule has 5 rings (SSSR count). The average Bonchev–Trinajstić information content (AvgIpc) is 3.28. The van der Waals surface area contributed by atoms with Crippen molar-refractivity contribution in [2.45, 2.75) is 19.3 Å². The molecule has 1 atom stereocenters. The van der Waals surface area contributed by atoms with Gasteiger partial charge in [-0.05, 0) is 48.4 Å². The van der Waals surface area contributed by atoms with Crippen LogP contribution in [0.5, 0.6) is 0 Å². The standard InChI is InChI=1S/C27H26ClFN4O/c1-19-6-5-11-33-25(18-30-27(19)33)23(22-9-2-3-10-24(22)29)17-26(34)32-14-12-31(13-15-32)21-8-4-7-20(28)16-21/h2-11,16,18,23H,12-15,17H2,1H3. The van der Waals surface area contributed by atoms with Crippen LogP contribution in [0.15, 0.2) is 73.1 Å². The number of aryl methyl sites for hydroxylation is 1. The van der Waals surface area contributed by atoms with Gasteiger partial charge in [0, 0.05) is 61.6 Å². The number of aromatic nitrogens is 2. The van der Waals surface area contributed by atoms with Crippen LogP contribution in [0.25, 0.3) is 5.65 Å². The van der Waals surface area contributed by atoms with E-state index >= 15 is 0 Å². The third-order valence-electron chi connectivity index (χ3n) is 6.58. The Kier molecular flexibility index (Phi) is 6.24. The molecule has 1 amide bonds. The summed E-state index contributed by atoms with van der Waals surface area (Å²) in [6, 6.07) is 18.4. The molecule has 1 aliphatic heterocycles. The van der Waals surface area contributed by atoms with Gasteiger partial charge in [0.05, 0.1) is 5.69 Å². The SMILES string of the molecule is Cc1cccn2c(C(CC(=O)N3CCN(c4cccc(Cl)c4)CC3)c3ccccc3F)cnc12. The second-order valence-electron chi connectivity index (χ2n) is 8.69. The molecule has 0 aliphatic carbocycles. The first-order valence-corrected chi connectivity index (χ1v) is 11.8. The van der Waals surface area contributed by atoms with Gasteiger partial charge in [-0.15, -0.1) is 0 Å². The Morgan fingerprint density at radius 2 is 1.85 bits per heavy atom. The third kappa shape index (κ3) is 4.38. The molecule has 1 unspecified atom stereocenters. The van der Waals surface area contributed by atoms with Crippen molar-refractivity contribution < 1.29 is 9.18 Å². The molecule has 0 saturated carbocycles. The highest BCUT2D eigenvalue weighted by Crippen LogP contribution is 2.32. The van der Waals surface area contributed by atoms with Crippen molar-refractivity contribution >= 4 is 28.8 Å². The number of carbonyl (C=O) groups is 1. The van der Waals surface area contributed by atoms with Crippen LogP contribution in [0.4, 0.5) is 10.1 Å². The lowest BCUT2D eigenvalue weighted by molar-refractivity contribution is -0.131. The Morgan fingerprint density at radius 1 is 1.06 bits per heavy atom. The normalized spacial score (nSPS) is 15.0. The molecule has 1 fully saturated rings. The molecule has 2 aromatic carbocycles. The summed E-state index contributed by atoms with van der Waals surface area (Å²) in [5.74, 6) is -0.730. The first-order valence-electron chi connectivity index (χ1n) is 11.5. The first kappa shape index (κ1) is 22.4. The molecular formula is C27H26ClFN4O. The fraction of sp³-hybridized carbons (Fsp3) is 0.259. The summed E-state index contributed by atoms with van der Waals surface area (Å²) < 4.78 is 16.9. The summed E-state index contributed by atoms with van der Waals surface area (Å²) in [4.78, 5) is 22.1. The van der Waals surface area contributed by atoms with Gasteiger partial charge in [0.1, 0.15) is 11.5 Å². The predicted molar refractivity (Wildman–Crippen MR) is 133 cm³/mol. The quantitative estimate of drug-likeness (QED) is 0.392. The molecule has 2 aromatic heterocycles. The summed E-state index contributed by atoms with van der Waals surface area (Å²) in [6.07, 6.45) is 3.87. The van der Waals surface area contributed by atoms with E-state index < -0.39 is 5.92 Å². The van der Waals surface area contributed by atoms with Crippen LogP contribution in [0.3, 0.4) is 0 Å². The van der Waals surface area contributed by atoms with Gasteiger partial charge in [0.2, 0.25) is 5.91 Å². The monoisotopic (exact) mass is 476 g/mol. The highest BCUT2D eigenvalue weighted by atomic mass is 35.5. The zero-order chi connectivity index (χ0) is 23.7. The highest BCUT2D eigenvalue weighted by Gasteiger charge is 2.28. The Hall–Kier alpha value is -3.38. The Labute approximate surface area is 203 Å². The second kappa shape index (κ2) is 9.47. The van der Waals surface area contributed by atoms with Crippen LogP contribution >= 0.6 is 11.6 Å². The zero-order valence-corrected chi connectivity index (χ0v) is 19.8. The van der Waals surface area contributed by atoms with Crippen LogP contribution in [0, 0.1) is 12.7 Å². The molecule has 34 heavy (non-hydrogen) atoms. The number of hydrogen-bond donors (Lipinski definition) is 0. The minimum absolute atomic E-state index is 0.0154. The fourth-order valence-corrected chi connectivity index (χ4v) is 4.93. The average molecular weight is 477 g/mol. The lowest BCUT2D eigenvalue weighted by Crippen LogP contribution is -2.49. The number of imidazole rings is 1. The van der Waals surface area contributed by atoms with Crippen LogP contribution < -0.4 is 4.90 Å². The Balaban J connectivity index is 1.38. The molecule has 1 saturated heterocycles. The van der Waals surface area contributed by atoms with E-state index in [0.717, 1.165) is 35.7 Å². The lowest BCUT2D eigenvalue weighted by Gasteiger charge is -2.36. The van der Waals surface area contributed by atoms with Crippen LogP contribution in [-0.4, -0.2) is 46.4 Å². The number of piperazine rings is 1. The smallest absolute Gasteiger partial charge is 0.223 e. The van der Waals surface area contributed by atoms with Gasteiger partial charge in [-0.2, -0.15) is 0 Å². The van der Waals surface area contributed by atoms with Crippen molar-refractivity contribution in [1.29, 1.82) is 0 Å². The molecule has 5 nitrogen and oxygen atoms in total. The molecular weight excluding hydrogens is 451 g/mol. The van der Waals surface area contributed by atoms with Crippen molar-refractivity contribution in [2.75, 3.05) is 31.1 Å². The number of amides is 1. The Morgan fingerprint density at radius 3 is 2.62 bits per heavy atom. The van der Waals surface area contributed by atoms with E-state index in [1.165, 1.54) is 6.07 Å². The van der Waals surface area contributed by atoms with E-state index in [0.29, 0.717) is 23.7 Å². The van der Waals surface area contributed by atoms with Gasteiger partial charge in [-0.25, -0.2) is 9.37 Å². The topological polar surface area (TPSA) is 40.9 Å². The van der Waals surface area contributed by atoms with Gasteiger partial charge >= 0.3 is 0 Å². The molecule has 3 heterocycles. The van der Waals surface area contributed by atoms with E-state index in [9.17, 15) is 9.18 Å². The number of halogens is 2. The van der Waals surface area contributed by atoms with Crippen LogP contribution in [-0.2, 0) is 4.79 Å². The van der Waals surface area contributed by atoms with Gasteiger partial charge < -0.3 is 14.2 Å². The van der Waals surface area contributed by atoms with E-state index in [-0.39, 0.29) is 18.1 Å². The van der Waals surface area contributed by atoms with Crippen molar-refractivity contribution in [1.82, 2.24) is 14.3 Å². The number of pyridine rings is 1. The highest BCUT2D eigenvalue weighted by molar-refractivity contribution is 6.30. The van der Waals surface area contributed by atoms with Crippen molar-refractivity contribution in [2.24, 2.45) is 0 Å². The van der Waals surface area contributed by atoms with Gasteiger partial charge in [0.15, 0.2) is 0 Å². The van der Waals surface area contributed by atoms with E-state index in [1.54, 1.807) is 18.3 Å². The number of hydrogen-bond acceptors (Lipinski definition) is 3. The van der Waals surface area contributed by atoms with Gasteiger partial charge in [-0.1, -0.05) is 41.9 Å². The molecule has 7 heteroatoms. The third-order valence-corrected chi connectivity index (χ3v) is 6.82.